The van der Waals surface area contributed by atoms with Gasteiger partial charge in [-0.1, -0.05) is 13.0 Å². The van der Waals surface area contributed by atoms with Crippen molar-refractivity contribution in [3.8, 4) is 11.5 Å². The van der Waals surface area contributed by atoms with Crippen LogP contribution in [-0.2, 0) is 19.1 Å². The van der Waals surface area contributed by atoms with Crippen LogP contribution >= 0.6 is 0 Å². The Morgan fingerprint density at radius 2 is 1.63 bits per heavy atom. The standard InChI is InChI=1S/C30H42N4O7/c1-9-30(6,7)34(27(38)22(17-24(31)36)33-28(39)41-29(3,4)5)25(19-10-15-23(35)18(2)16-19)26(37)32-20-11-13-21(40-8)14-12-20/h10-16,22,25,35H,9,17H2,1-8H3,(H2,31,36)(H,32,37)(H,33,39). The number of nitrogens with one attached hydrogen (secondary N) is 2. The minimum Gasteiger partial charge on any atom is -0.508 e. The number of nitrogens with two attached hydrogens (primary N) is 1. The molecule has 0 heterocycles. The van der Waals surface area contributed by atoms with Crippen molar-refractivity contribution in [3.63, 3.8) is 0 Å². The van der Waals surface area contributed by atoms with Gasteiger partial charge in [-0.25, -0.2) is 4.79 Å². The van der Waals surface area contributed by atoms with E-state index >= 15 is 0 Å². The number of aryl methyl sites for hydroxylation is 1. The number of phenolic OH excluding ortho intramolecular Hbond substituents is 1. The SMILES string of the molecule is CCC(C)(C)N(C(=O)C(CC(N)=O)NC(=O)OC(C)(C)C)C(C(=O)Nc1ccc(OC)cc1)c1ccc(O)c(C)c1. The molecule has 2 rings (SSSR count). The van der Waals surface area contributed by atoms with Crippen molar-refractivity contribution in [2.75, 3.05) is 12.4 Å². The molecule has 11 heteroatoms. The summed E-state index contributed by atoms with van der Waals surface area (Å²) in [4.78, 5) is 54.4. The molecule has 0 spiro atoms. The van der Waals surface area contributed by atoms with Gasteiger partial charge in [0.15, 0.2) is 0 Å². The van der Waals surface area contributed by atoms with Crippen molar-refractivity contribution in [1.29, 1.82) is 0 Å². The lowest BCUT2D eigenvalue weighted by atomic mass is 9.91. The molecule has 0 radical (unpaired) electrons. The van der Waals surface area contributed by atoms with Crippen molar-refractivity contribution in [2.45, 2.75) is 84.5 Å². The van der Waals surface area contributed by atoms with Gasteiger partial charge >= 0.3 is 6.09 Å². The van der Waals surface area contributed by atoms with E-state index in [2.05, 4.69) is 10.6 Å². The van der Waals surface area contributed by atoms with Gasteiger partial charge in [-0.2, -0.15) is 0 Å². The second-order valence-electron chi connectivity index (χ2n) is 11.4. The minimum absolute atomic E-state index is 0.0221. The maximum atomic E-state index is 14.3. The molecule has 0 aromatic heterocycles. The van der Waals surface area contributed by atoms with Gasteiger partial charge in [0, 0.05) is 11.2 Å². The van der Waals surface area contributed by atoms with Gasteiger partial charge in [-0.3, -0.25) is 14.4 Å². The van der Waals surface area contributed by atoms with Crippen molar-refractivity contribution in [1.82, 2.24) is 10.2 Å². The van der Waals surface area contributed by atoms with E-state index in [1.165, 1.54) is 18.1 Å². The average molecular weight is 571 g/mol. The number of nitrogens with zero attached hydrogens (tertiary/aromatic N) is 1. The van der Waals surface area contributed by atoms with Gasteiger partial charge < -0.3 is 35.8 Å². The van der Waals surface area contributed by atoms with Gasteiger partial charge in [0.25, 0.3) is 5.91 Å². The van der Waals surface area contributed by atoms with Crippen molar-refractivity contribution >= 4 is 29.5 Å². The zero-order chi connectivity index (χ0) is 31.1. The molecule has 0 bridgehead atoms. The summed E-state index contributed by atoms with van der Waals surface area (Å²) < 4.78 is 10.5. The van der Waals surface area contributed by atoms with E-state index in [0.29, 0.717) is 29.0 Å². The van der Waals surface area contributed by atoms with E-state index in [0.717, 1.165) is 0 Å². The Morgan fingerprint density at radius 1 is 1.02 bits per heavy atom. The molecule has 41 heavy (non-hydrogen) atoms. The molecule has 2 aromatic carbocycles. The van der Waals surface area contributed by atoms with Gasteiger partial charge in [0.05, 0.1) is 13.5 Å². The summed E-state index contributed by atoms with van der Waals surface area (Å²) in [6, 6.07) is 8.65. The van der Waals surface area contributed by atoms with Crippen LogP contribution in [0.25, 0.3) is 0 Å². The summed E-state index contributed by atoms with van der Waals surface area (Å²) >= 11 is 0. The van der Waals surface area contributed by atoms with E-state index in [1.54, 1.807) is 77.9 Å². The number of anilines is 1. The fourth-order valence-electron chi connectivity index (χ4n) is 4.12. The first-order valence-electron chi connectivity index (χ1n) is 13.3. The molecule has 0 aliphatic rings. The van der Waals surface area contributed by atoms with E-state index in [4.69, 9.17) is 15.2 Å². The summed E-state index contributed by atoms with van der Waals surface area (Å²) in [5.41, 5.74) is 5.02. The number of methoxy groups -OCH3 is 1. The van der Waals surface area contributed by atoms with Gasteiger partial charge in [-0.05, 0) is 95.5 Å². The second-order valence-corrected chi connectivity index (χ2v) is 11.4. The maximum absolute atomic E-state index is 14.3. The number of primary amides is 1. The number of amides is 4. The molecular formula is C30H42N4O7. The molecule has 0 saturated carbocycles. The normalized spacial score (nSPS) is 13.0. The van der Waals surface area contributed by atoms with Crippen LogP contribution in [0.5, 0.6) is 11.5 Å². The van der Waals surface area contributed by atoms with E-state index in [-0.39, 0.29) is 5.75 Å². The predicted molar refractivity (Wildman–Crippen MR) is 155 cm³/mol. The molecule has 0 saturated heterocycles. The molecule has 0 fully saturated rings. The number of aromatic hydroxyl groups is 1. The molecule has 4 amide bonds. The Labute approximate surface area is 241 Å². The van der Waals surface area contributed by atoms with Crippen LogP contribution in [-0.4, -0.2) is 58.1 Å². The lowest BCUT2D eigenvalue weighted by molar-refractivity contribution is -0.148. The number of benzene rings is 2. The first kappa shape index (κ1) is 32.9. The van der Waals surface area contributed by atoms with Crippen LogP contribution in [0.2, 0.25) is 0 Å². The molecular weight excluding hydrogens is 528 g/mol. The number of alkyl carbamates (subject to hydrolysis) is 1. The Hall–Kier alpha value is -4.28. The van der Waals surface area contributed by atoms with E-state index in [1.807, 2.05) is 6.92 Å². The zero-order valence-corrected chi connectivity index (χ0v) is 25.0. The highest BCUT2D eigenvalue weighted by atomic mass is 16.6. The molecule has 2 atom stereocenters. The molecule has 224 valence electrons. The third-order valence-corrected chi connectivity index (χ3v) is 6.55. The van der Waals surface area contributed by atoms with Gasteiger partial charge in [-0.15, -0.1) is 0 Å². The van der Waals surface area contributed by atoms with Crippen molar-refractivity contribution in [3.05, 3.63) is 53.6 Å². The second kappa shape index (κ2) is 13.4. The summed E-state index contributed by atoms with van der Waals surface area (Å²) in [6.45, 7) is 12.1. The van der Waals surface area contributed by atoms with Crippen LogP contribution in [0.3, 0.4) is 0 Å². The molecule has 5 N–H and O–H groups in total. The smallest absolute Gasteiger partial charge is 0.408 e. The minimum atomic E-state index is -1.41. The Kier molecular flexibility index (Phi) is 10.7. The highest BCUT2D eigenvalue weighted by molar-refractivity contribution is 6.00. The summed E-state index contributed by atoms with van der Waals surface area (Å²) in [7, 11) is 1.53. The van der Waals surface area contributed by atoms with Crippen LogP contribution in [0.4, 0.5) is 10.5 Å². The van der Waals surface area contributed by atoms with Crippen LogP contribution in [0.1, 0.15) is 71.6 Å². The third kappa shape index (κ3) is 9.12. The first-order valence-corrected chi connectivity index (χ1v) is 13.3. The van der Waals surface area contributed by atoms with Crippen molar-refractivity contribution in [2.24, 2.45) is 5.73 Å². The van der Waals surface area contributed by atoms with Crippen LogP contribution < -0.4 is 21.1 Å². The van der Waals surface area contributed by atoms with Crippen LogP contribution in [0.15, 0.2) is 42.5 Å². The lowest BCUT2D eigenvalue weighted by Gasteiger charge is -2.44. The Bertz CT molecular complexity index is 1250. The zero-order valence-electron chi connectivity index (χ0n) is 25.0. The predicted octanol–water partition coefficient (Wildman–Crippen LogP) is 4.17. The van der Waals surface area contributed by atoms with Gasteiger partial charge in [0.1, 0.15) is 29.2 Å². The molecule has 0 aliphatic heterocycles. The highest BCUT2D eigenvalue weighted by Crippen LogP contribution is 2.35. The fraction of sp³-hybridized carbons (Fsp3) is 0.467. The molecule has 2 aromatic rings. The summed E-state index contributed by atoms with van der Waals surface area (Å²) in [5, 5.41) is 15.5. The fourth-order valence-corrected chi connectivity index (χ4v) is 4.12. The quantitative estimate of drug-likeness (QED) is 0.315. The average Bonchev–Trinajstić information content (AvgIpc) is 2.87. The Balaban J connectivity index is 2.67. The van der Waals surface area contributed by atoms with E-state index in [9.17, 15) is 24.3 Å². The van der Waals surface area contributed by atoms with Gasteiger partial charge in [0.2, 0.25) is 11.8 Å². The number of phenols is 1. The molecule has 2 unspecified atom stereocenters. The van der Waals surface area contributed by atoms with E-state index < -0.39 is 53.5 Å². The summed E-state index contributed by atoms with van der Waals surface area (Å²) in [5.74, 6) is -1.46. The number of ether oxygens (including phenoxy) is 2. The number of hydrogen-bond donors (Lipinski definition) is 4. The topological polar surface area (TPSA) is 160 Å². The van der Waals surface area contributed by atoms with Crippen LogP contribution in [0, 0.1) is 6.92 Å². The Morgan fingerprint density at radius 3 is 2.12 bits per heavy atom. The molecule has 0 aliphatic carbocycles. The monoisotopic (exact) mass is 570 g/mol. The number of hydrogen-bond acceptors (Lipinski definition) is 7. The molecule has 11 nitrogen and oxygen atoms in total. The summed E-state index contributed by atoms with van der Waals surface area (Å²) in [6.07, 6.45) is -1.01. The first-order chi connectivity index (χ1) is 19.0. The number of carbonyl (C=O) groups is 4. The maximum Gasteiger partial charge on any atom is 0.408 e. The third-order valence-electron chi connectivity index (χ3n) is 6.55. The number of carbonyl (C=O) groups excluding carboxylic acids is 4. The highest BCUT2D eigenvalue weighted by Gasteiger charge is 2.43. The lowest BCUT2D eigenvalue weighted by Crippen LogP contribution is -2.59. The number of rotatable bonds is 11. The largest absolute Gasteiger partial charge is 0.508 e. The van der Waals surface area contributed by atoms with Crippen molar-refractivity contribution < 1.29 is 33.8 Å².